The normalized spacial score (nSPS) is 15.8. The number of carboxylic acids is 5. The van der Waals surface area contributed by atoms with Gasteiger partial charge in [-0.3, -0.25) is 72.0 Å². The first-order chi connectivity index (χ1) is 58.7. The van der Waals surface area contributed by atoms with Gasteiger partial charge in [0.15, 0.2) is 36.4 Å². The maximum absolute atomic E-state index is 15.1. The number of nitrogens with zero attached hydrogens (tertiary/aromatic N) is 3. The number of carbonyl (C=O) groups excluding carboxylic acids is 13. The highest BCUT2D eigenvalue weighted by Crippen LogP contribution is 2.35. The topological polar surface area (TPSA) is 557 Å². The SMILES string of the molecule is CCCC(=O)OCN(C(=O)[C@@H](CC(=O)[C@H]1CCCCN1C)C(C)CC)[C@H](C[C@@H](OC(C)=O)c1nc(C(=O)N[C@@H](Cc2ccc(O)cc2)C[C@H](C)C(=O)CNC(=O)OCCSSC[C@H](CC(=O)[C@H](Cc2ccccc2)NC(=O)[C@H](CC(=O)O)CC(=O)CCC(NC(=O)C(C)CCC[C@H](NC(=O)N[C@@H](CCC(=O)O)OC=O)C(=O)O)C(=O)O)C(=O)O)cs1)C(C)C. The first-order valence-electron chi connectivity index (χ1n) is 41.3. The van der Waals surface area contributed by atoms with Crippen molar-refractivity contribution in [3.05, 3.63) is 81.8 Å². The molecule has 1 fully saturated rings. The molecule has 0 bridgehead atoms. The van der Waals surface area contributed by atoms with Gasteiger partial charge in [-0.25, -0.2) is 24.2 Å². The number of phenols is 1. The fourth-order valence-corrected chi connectivity index (χ4v) is 16.7. The Kier molecular flexibility index (Phi) is 47.4. The second-order valence-electron chi connectivity index (χ2n) is 31.2. The van der Waals surface area contributed by atoms with Crippen molar-refractivity contribution in [2.24, 2.45) is 41.4 Å². The molecule has 1 aliphatic heterocycles. The fraction of sp³-hybridized carbons (Fsp3) is 0.607. The van der Waals surface area contributed by atoms with Crippen molar-refractivity contribution in [1.29, 1.82) is 0 Å². The predicted octanol–water partition coefficient (Wildman–Crippen LogP) is 7.86. The van der Waals surface area contributed by atoms with Gasteiger partial charge >= 0.3 is 53.9 Å². The van der Waals surface area contributed by atoms with E-state index in [-0.39, 0.29) is 129 Å². The molecule has 14 atom stereocenters. The van der Waals surface area contributed by atoms with E-state index < -0.39 is 219 Å². The zero-order chi connectivity index (χ0) is 92.3. The molecule has 0 aliphatic carbocycles. The molecule has 4 rings (SSSR count). The number of thiazole rings is 1. The van der Waals surface area contributed by atoms with Crippen LogP contribution >= 0.6 is 32.9 Å². The number of rotatable bonds is 61. The summed E-state index contributed by atoms with van der Waals surface area (Å²) >= 11 is 1.03. The number of aromatic nitrogens is 1. The molecule has 2 heterocycles. The van der Waals surface area contributed by atoms with E-state index in [1.165, 1.54) is 36.3 Å². The second kappa shape index (κ2) is 55.6. The van der Waals surface area contributed by atoms with Crippen molar-refractivity contribution in [3.8, 4) is 5.75 Å². The lowest BCUT2D eigenvalue weighted by molar-refractivity contribution is -0.162. The quantitative estimate of drug-likeness (QED) is 0.00638. The van der Waals surface area contributed by atoms with Crippen molar-refractivity contribution >= 4 is 140 Å². The number of esters is 2. The number of nitrogens with one attached hydrogen (secondary N) is 6. The van der Waals surface area contributed by atoms with Gasteiger partial charge in [0, 0.05) is 98.6 Å². The number of likely N-dealkylation sites (N-methyl/N-ethyl adjacent to an activating group) is 1. The average molecular weight is 1800 g/mol. The van der Waals surface area contributed by atoms with Crippen molar-refractivity contribution in [1.82, 2.24) is 46.7 Å². The van der Waals surface area contributed by atoms with Gasteiger partial charge in [0.25, 0.3) is 12.4 Å². The van der Waals surface area contributed by atoms with Crippen LogP contribution in [0.1, 0.15) is 210 Å². The molecule has 1 aromatic heterocycles. The predicted molar refractivity (Wildman–Crippen MR) is 452 cm³/mol. The summed E-state index contributed by atoms with van der Waals surface area (Å²) in [7, 11) is 4.02. The van der Waals surface area contributed by atoms with E-state index in [1.54, 1.807) is 49.4 Å². The van der Waals surface area contributed by atoms with Crippen LogP contribution in [0.4, 0.5) is 9.59 Å². The Morgan fingerprint density at radius 1 is 0.669 bits per heavy atom. The molecule has 7 amide bonds. The molecular weight excluding hydrogens is 1680 g/mol. The summed E-state index contributed by atoms with van der Waals surface area (Å²) in [6.07, 6.45) is -4.43. The summed E-state index contributed by atoms with van der Waals surface area (Å²) < 4.78 is 21.6. The fourth-order valence-electron chi connectivity index (χ4n) is 13.8. The molecule has 40 heteroatoms. The number of alkyl carbamates (subject to hydrolysis) is 1. The minimum Gasteiger partial charge on any atom is -0.508 e. The van der Waals surface area contributed by atoms with Crippen LogP contribution in [-0.4, -0.2) is 240 Å². The summed E-state index contributed by atoms with van der Waals surface area (Å²) in [5.74, 6) is -19.6. The number of hydrogen-bond acceptors (Lipinski definition) is 28. The lowest BCUT2D eigenvalue weighted by Gasteiger charge is -2.39. The third-order valence-electron chi connectivity index (χ3n) is 21.1. The van der Waals surface area contributed by atoms with E-state index >= 15 is 4.79 Å². The third-order valence-corrected chi connectivity index (χ3v) is 24.5. The number of amides is 7. The Hall–Kier alpha value is -10.6. The first-order valence-corrected chi connectivity index (χ1v) is 44.7. The monoisotopic (exact) mass is 1800 g/mol. The number of aromatic hydroxyl groups is 1. The molecule has 1 saturated heterocycles. The van der Waals surface area contributed by atoms with Crippen LogP contribution < -0.4 is 31.9 Å². The van der Waals surface area contributed by atoms with Gasteiger partial charge in [0.2, 0.25) is 17.7 Å². The van der Waals surface area contributed by atoms with Crippen molar-refractivity contribution in [3.63, 3.8) is 0 Å². The Bertz CT molecular complexity index is 4080. The lowest BCUT2D eigenvalue weighted by atomic mass is 9.82. The van der Waals surface area contributed by atoms with Crippen molar-refractivity contribution < 1.29 is 136 Å². The highest BCUT2D eigenvalue weighted by molar-refractivity contribution is 8.76. The largest absolute Gasteiger partial charge is 0.508 e. The second-order valence-corrected chi connectivity index (χ2v) is 34.8. The van der Waals surface area contributed by atoms with Gasteiger partial charge in [-0.2, -0.15) is 0 Å². The summed E-state index contributed by atoms with van der Waals surface area (Å²) in [5.41, 5.74) is 1.12. The molecular formula is C84H119N9O28S3. The van der Waals surface area contributed by atoms with Gasteiger partial charge in [-0.15, -0.1) is 11.3 Å². The van der Waals surface area contributed by atoms with E-state index in [9.17, 15) is 107 Å². The Morgan fingerprint density at radius 3 is 1.95 bits per heavy atom. The summed E-state index contributed by atoms with van der Waals surface area (Å²) in [5, 5.41) is 74.9. The number of carboxylic acid groups (broad SMARTS) is 5. The lowest BCUT2D eigenvalue weighted by Crippen LogP contribution is -2.50. The molecule has 0 saturated carbocycles. The number of carbonyl (C=O) groups is 18. The minimum absolute atomic E-state index is 0.0135. The van der Waals surface area contributed by atoms with E-state index in [0.29, 0.717) is 30.4 Å². The van der Waals surface area contributed by atoms with E-state index in [0.717, 1.165) is 52.3 Å². The molecule has 124 heavy (non-hydrogen) atoms. The number of phenolic OH excluding ortho intramolecular Hbond substituents is 1. The van der Waals surface area contributed by atoms with Gasteiger partial charge in [-0.05, 0) is 106 Å². The number of likely N-dealkylation sites (tertiary alicyclic amines) is 1. The van der Waals surface area contributed by atoms with E-state index in [1.807, 2.05) is 46.6 Å². The number of Topliss-reactive ketones (excluding diaryl/α,β-unsaturated/α-hetero) is 4. The zero-order valence-electron chi connectivity index (χ0n) is 71.3. The molecule has 3 aromatic rings. The number of piperidine rings is 1. The number of ketones is 4. The van der Waals surface area contributed by atoms with Crippen LogP contribution in [0.2, 0.25) is 0 Å². The third kappa shape index (κ3) is 39.1. The van der Waals surface area contributed by atoms with E-state index in [2.05, 4.69) is 41.6 Å². The standard InChI is InChI=1S/C84H119N9O28S3/c1-10-18-74(105)119-46-93(79(109)60(49(5)11-2)41-68(99)65-23-15-16-32-92(65)9)66(48(3)4)42-70(121-52(8)95)78-89-64(45-122-78)77(108)86-57(36-54-24-26-58(96)27-25-54)35-51(7)69(100)43-85-84(117)118-33-34-123-124-44-56(80(110)111)39-67(98)63(37-53-20-13-12-14-21-53)88-76(107)55(40-73(103)104)38-59(97)28-29-62(82(114)115)87-75(106)50(6)19-17-22-61(81(112)113)90-83(116)91-71(120-47-94)30-31-72(101)102/h12-14,20-21,24-27,45,47-51,55-57,60-63,65-66,70-71,96H,10-11,15-19,22-23,28-44,46H2,1-9H3,(H,85,117)(H,86,108)(H,87,106)(H,88,107)(H,101,102)(H,103,104)(H,110,111)(H,112,113)(H,114,115)(H2,90,91,116)/t49?,50?,51-,55-,56-,57+,60-,61-,62?,63-,65+,66+,70+,71+/m0/s1. The molecule has 1 aliphatic rings. The highest BCUT2D eigenvalue weighted by atomic mass is 33.1. The molecule has 12 N–H and O–H groups in total. The molecule has 686 valence electrons. The van der Waals surface area contributed by atoms with Crippen LogP contribution in [0.15, 0.2) is 60.0 Å². The van der Waals surface area contributed by atoms with Crippen LogP contribution in [-0.2, 0) is 104 Å². The number of urea groups is 1. The van der Waals surface area contributed by atoms with Crippen LogP contribution in [0.25, 0.3) is 0 Å². The smallest absolute Gasteiger partial charge is 0.407 e. The molecule has 0 spiro atoms. The minimum atomic E-state index is -1.68. The molecule has 2 aromatic carbocycles. The Balaban J connectivity index is 1.35. The van der Waals surface area contributed by atoms with Crippen LogP contribution in [0.5, 0.6) is 5.75 Å². The number of hydrogen-bond donors (Lipinski definition) is 12. The van der Waals surface area contributed by atoms with Crippen LogP contribution in [0.3, 0.4) is 0 Å². The highest BCUT2D eigenvalue weighted by Gasteiger charge is 2.41. The molecule has 0 radical (unpaired) electrons. The first kappa shape index (κ1) is 106. The summed E-state index contributed by atoms with van der Waals surface area (Å²) in [6.45, 7) is 13.2. The maximum atomic E-state index is 15.1. The maximum Gasteiger partial charge on any atom is 0.407 e. The number of ether oxygens (including phenoxy) is 4. The van der Waals surface area contributed by atoms with Gasteiger partial charge < -0.3 is 86.4 Å². The van der Waals surface area contributed by atoms with Crippen LogP contribution in [0, 0.1) is 41.4 Å². The number of aliphatic carboxylic acids is 5. The van der Waals surface area contributed by atoms with Gasteiger partial charge in [0.05, 0.1) is 43.3 Å². The van der Waals surface area contributed by atoms with Crippen molar-refractivity contribution in [2.75, 3.05) is 45.0 Å². The summed E-state index contributed by atoms with van der Waals surface area (Å²) in [6, 6.07) is 6.77. The Morgan fingerprint density at radius 2 is 1.34 bits per heavy atom. The summed E-state index contributed by atoms with van der Waals surface area (Å²) in [4.78, 5) is 242. The number of benzene rings is 2. The van der Waals surface area contributed by atoms with E-state index in [4.69, 9.17) is 19.3 Å². The Labute approximate surface area is 731 Å². The molecule has 37 nitrogen and oxygen atoms in total. The average Bonchev–Trinajstić information content (AvgIpc) is 1.36. The van der Waals surface area contributed by atoms with Gasteiger partial charge in [-0.1, -0.05) is 132 Å². The van der Waals surface area contributed by atoms with Crippen molar-refractivity contribution in [2.45, 2.75) is 239 Å². The zero-order valence-corrected chi connectivity index (χ0v) is 73.8. The molecule has 3 unspecified atom stereocenters. The van der Waals surface area contributed by atoms with Gasteiger partial charge in [0.1, 0.15) is 40.9 Å².